The van der Waals surface area contributed by atoms with Crippen molar-refractivity contribution < 1.29 is 27.1 Å². The summed E-state index contributed by atoms with van der Waals surface area (Å²) in [7, 11) is -3.96. The Morgan fingerprint density at radius 1 is 1.09 bits per heavy atom. The third kappa shape index (κ3) is 3.66. The van der Waals surface area contributed by atoms with Crippen LogP contribution < -0.4 is 4.72 Å². The Bertz CT molecular complexity index is 804. The van der Waals surface area contributed by atoms with Crippen molar-refractivity contribution in [2.75, 3.05) is 0 Å². The molecular formula is C14H11F2NO4S. The van der Waals surface area contributed by atoms with Gasteiger partial charge in [-0.2, -0.15) is 0 Å². The molecule has 2 N–H and O–H groups in total. The van der Waals surface area contributed by atoms with Crippen LogP contribution in [0, 0.1) is 11.6 Å². The van der Waals surface area contributed by atoms with Crippen molar-refractivity contribution >= 4 is 16.0 Å². The number of carboxylic acid groups (broad SMARTS) is 1. The van der Waals surface area contributed by atoms with Gasteiger partial charge in [0.05, 0.1) is 10.5 Å². The molecule has 0 spiro atoms. The minimum atomic E-state index is -3.96. The van der Waals surface area contributed by atoms with Crippen molar-refractivity contribution in [1.29, 1.82) is 0 Å². The largest absolute Gasteiger partial charge is 0.478 e. The zero-order valence-corrected chi connectivity index (χ0v) is 11.9. The molecule has 0 saturated heterocycles. The van der Waals surface area contributed by atoms with Crippen LogP contribution in [0.2, 0.25) is 0 Å². The number of carbonyl (C=O) groups is 1. The van der Waals surface area contributed by atoms with Gasteiger partial charge in [0.25, 0.3) is 0 Å². The number of carboxylic acids is 1. The number of hydrogen-bond acceptors (Lipinski definition) is 3. The average Bonchev–Trinajstić information content (AvgIpc) is 2.48. The van der Waals surface area contributed by atoms with E-state index in [2.05, 4.69) is 4.72 Å². The van der Waals surface area contributed by atoms with Gasteiger partial charge in [-0.1, -0.05) is 0 Å². The van der Waals surface area contributed by atoms with E-state index in [0.717, 1.165) is 42.5 Å². The number of halogens is 2. The summed E-state index contributed by atoms with van der Waals surface area (Å²) in [5.74, 6) is -2.59. The monoisotopic (exact) mass is 327 g/mol. The predicted octanol–water partition coefficient (Wildman–Crippen LogP) is 2.14. The van der Waals surface area contributed by atoms with E-state index >= 15 is 0 Å². The first kappa shape index (κ1) is 16.1. The van der Waals surface area contributed by atoms with E-state index in [9.17, 15) is 22.0 Å². The zero-order chi connectivity index (χ0) is 16.3. The van der Waals surface area contributed by atoms with Crippen LogP contribution in [-0.2, 0) is 16.6 Å². The fourth-order valence-electron chi connectivity index (χ4n) is 1.71. The van der Waals surface area contributed by atoms with Gasteiger partial charge in [0.2, 0.25) is 10.0 Å². The fourth-order valence-corrected chi connectivity index (χ4v) is 2.72. The molecule has 116 valence electrons. The highest BCUT2D eigenvalue weighted by Crippen LogP contribution is 2.13. The first-order valence-electron chi connectivity index (χ1n) is 6.06. The van der Waals surface area contributed by atoms with Crippen molar-refractivity contribution in [2.24, 2.45) is 0 Å². The molecule has 0 unspecified atom stereocenters. The molecule has 0 radical (unpaired) electrons. The Morgan fingerprint density at radius 3 is 2.32 bits per heavy atom. The summed E-state index contributed by atoms with van der Waals surface area (Å²) in [5, 5.41) is 8.74. The Hall–Kier alpha value is -2.32. The van der Waals surface area contributed by atoms with Gasteiger partial charge in [-0.05, 0) is 42.5 Å². The number of benzene rings is 2. The molecule has 0 aromatic heterocycles. The number of hydrogen-bond donors (Lipinski definition) is 2. The van der Waals surface area contributed by atoms with Crippen LogP contribution in [0.25, 0.3) is 0 Å². The first-order valence-corrected chi connectivity index (χ1v) is 7.55. The van der Waals surface area contributed by atoms with Crippen LogP contribution >= 0.6 is 0 Å². The second-order valence-electron chi connectivity index (χ2n) is 4.39. The van der Waals surface area contributed by atoms with Crippen LogP contribution in [0.4, 0.5) is 8.78 Å². The van der Waals surface area contributed by atoms with Crippen LogP contribution in [0.15, 0.2) is 47.4 Å². The molecule has 0 aliphatic heterocycles. The zero-order valence-electron chi connectivity index (χ0n) is 11.1. The third-order valence-electron chi connectivity index (χ3n) is 2.87. The normalized spacial score (nSPS) is 11.4. The minimum Gasteiger partial charge on any atom is -0.478 e. The highest BCUT2D eigenvalue weighted by Gasteiger charge is 2.15. The molecule has 8 heteroatoms. The maximum atomic E-state index is 13.4. The molecule has 2 rings (SSSR count). The molecule has 0 saturated carbocycles. The number of rotatable bonds is 5. The van der Waals surface area contributed by atoms with Crippen molar-refractivity contribution in [3.8, 4) is 0 Å². The van der Waals surface area contributed by atoms with Gasteiger partial charge in [0, 0.05) is 12.1 Å². The molecule has 2 aromatic rings. The first-order chi connectivity index (χ1) is 10.3. The van der Waals surface area contributed by atoms with Crippen LogP contribution in [0.5, 0.6) is 0 Å². The maximum absolute atomic E-state index is 13.4. The van der Waals surface area contributed by atoms with Gasteiger partial charge in [-0.25, -0.2) is 26.7 Å². The summed E-state index contributed by atoms with van der Waals surface area (Å²) < 4.78 is 52.6. The van der Waals surface area contributed by atoms with Crippen molar-refractivity contribution in [2.45, 2.75) is 11.4 Å². The summed E-state index contributed by atoms with van der Waals surface area (Å²) in [6.45, 7) is -0.424. The number of aromatic carboxylic acids is 1. The lowest BCUT2D eigenvalue weighted by Crippen LogP contribution is -2.23. The molecule has 0 bridgehead atoms. The molecule has 2 aromatic carbocycles. The van der Waals surface area contributed by atoms with Gasteiger partial charge >= 0.3 is 5.97 Å². The average molecular weight is 327 g/mol. The summed E-state index contributed by atoms with van der Waals surface area (Å²) in [4.78, 5) is 10.5. The van der Waals surface area contributed by atoms with Crippen LogP contribution in [0.3, 0.4) is 0 Å². The minimum absolute atomic E-state index is 0.0601. The fraction of sp³-hybridized carbons (Fsp3) is 0.0714. The molecule has 22 heavy (non-hydrogen) atoms. The Balaban J connectivity index is 2.17. The summed E-state index contributed by atoms with van der Waals surface area (Å²) >= 11 is 0. The molecule has 0 amide bonds. The molecular weight excluding hydrogens is 316 g/mol. The van der Waals surface area contributed by atoms with E-state index < -0.39 is 34.2 Å². The van der Waals surface area contributed by atoms with Gasteiger partial charge in [0.1, 0.15) is 11.6 Å². The van der Waals surface area contributed by atoms with Crippen LogP contribution in [-0.4, -0.2) is 19.5 Å². The molecule has 0 aliphatic carbocycles. The number of sulfonamides is 1. The summed E-state index contributed by atoms with van der Waals surface area (Å²) in [6.07, 6.45) is 0. The van der Waals surface area contributed by atoms with E-state index in [1.807, 2.05) is 0 Å². The lowest BCUT2D eigenvalue weighted by Gasteiger charge is -2.08. The van der Waals surface area contributed by atoms with Gasteiger partial charge in [0.15, 0.2) is 0 Å². The van der Waals surface area contributed by atoms with E-state index in [1.54, 1.807) is 0 Å². The maximum Gasteiger partial charge on any atom is 0.335 e. The number of nitrogens with one attached hydrogen (secondary N) is 1. The van der Waals surface area contributed by atoms with Crippen LogP contribution in [0.1, 0.15) is 15.9 Å². The smallest absolute Gasteiger partial charge is 0.335 e. The van der Waals surface area contributed by atoms with E-state index in [4.69, 9.17) is 5.11 Å². The molecule has 0 atom stereocenters. The second kappa shape index (κ2) is 6.20. The van der Waals surface area contributed by atoms with E-state index in [1.165, 1.54) is 0 Å². The Labute approximate surface area is 125 Å². The molecule has 0 aliphatic rings. The highest BCUT2D eigenvalue weighted by atomic mass is 32.2. The standard InChI is InChI=1S/C14H11F2NO4S/c15-11-3-6-13(16)10(7-11)8-17-22(20,21)12-4-1-9(2-5-12)14(18)19/h1-7,17H,8H2,(H,18,19). The Kier molecular flexibility index (Phi) is 4.53. The summed E-state index contributed by atoms with van der Waals surface area (Å²) in [5.41, 5.74) is -0.194. The van der Waals surface area contributed by atoms with E-state index in [0.29, 0.717) is 0 Å². The van der Waals surface area contributed by atoms with Crippen molar-refractivity contribution in [1.82, 2.24) is 4.72 Å². The molecule has 0 heterocycles. The van der Waals surface area contributed by atoms with Crippen molar-refractivity contribution in [3.05, 3.63) is 65.2 Å². The lowest BCUT2D eigenvalue weighted by molar-refractivity contribution is 0.0696. The summed E-state index contributed by atoms with van der Waals surface area (Å²) in [6, 6.07) is 7.24. The van der Waals surface area contributed by atoms with Gasteiger partial charge in [-0.15, -0.1) is 0 Å². The van der Waals surface area contributed by atoms with Crippen molar-refractivity contribution in [3.63, 3.8) is 0 Å². The Morgan fingerprint density at radius 2 is 1.73 bits per heavy atom. The molecule has 0 fully saturated rings. The third-order valence-corrected chi connectivity index (χ3v) is 4.29. The second-order valence-corrected chi connectivity index (χ2v) is 6.16. The van der Waals surface area contributed by atoms with Gasteiger partial charge in [-0.3, -0.25) is 0 Å². The SMILES string of the molecule is O=C(O)c1ccc(S(=O)(=O)NCc2cc(F)ccc2F)cc1. The predicted molar refractivity (Wildman–Crippen MR) is 73.8 cm³/mol. The quantitative estimate of drug-likeness (QED) is 0.881. The highest BCUT2D eigenvalue weighted by molar-refractivity contribution is 7.89. The lowest BCUT2D eigenvalue weighted by atomic mass is 10.2. The van der Waals surface area contributed by atoms with Gasteiger partial charge < -0.3 is 5.11 Å². The molecule has 5 nitrogen and oxygen atoms in total. The topological polar surface area (TPSA) is 83.5 Å². The van der Waals surface area contributed by atoms with E-state index in [-0.39, 0.29) is 16.0 Å².